The maximum absolute atomic E-state index is 2.58. The van der Waals surface area contributed by atoms with Gasteiger partial charge >= 0.3 is 0 Å². The minimum Gasteiger partial charge on any atom is -0.310 e. The molecular formula is C94H60N2. The van der Waals surface area contributed by atoms with Gasteiger partial charge in [0.25, 0.3) is 0 Å². The van der Waals surface area contributed by atoms with Crippen LogP contribution in [0.15, 0.2) is 364 Å². The van der Waals surface area contributed by atoms with Gasteiger partial charge in [-0.15, -0.1) is 0 Å². The molecule has 18 aromatic rings. The number of hydrogen-bond acceptors (Lipinski definition) is 2. The van der Waals surface area contributed by atoms with Crippen LogP contribution in [0.2, 0.25) is 0 Å². The topological polar surface area (TPSA) is 6.48 Å². The third kappa shape index (κ3) is 7.81. The summed E-state index contributed by atoms with van der Waals surface area (Å²) in [6, 6.07) is 138. The fourth-order valence-electron chi connectivity index (χ4n) is 17.5. The summed E-state index contributed by atoms with van der Waals surface area (Å²) < 4.78 is 0. The van der Waals surface area contributed by atoms with Gasteiger partial charge in [0.1, 0.15) is 0 Å². The van der Waals surface area contributed by atoms with Crippen LogP contribution in [0, 0.1) is 0 Å². The molecule has 2 atom stereocenters. The first-order valence-corrected chi connectivity index (χ1v) is 33.4. The fourth-order valence-corrected chi connectivity index (χ4v) is 17.5. The highest BCUT2D eigenvalue weighted by Gasteiger charge is 2.64. The Morgan fingerprint density at radius 2 is 0.396 bits per heavy atom. The molecule has 0 amide bonds. The molecule has 0 bridgehead atoms. The molecule has 20 rings (SSSR count). The van der Waals surface area contributed by atoms with E-state index < -0.39 is 10.8 Å². The van der Waals surface area contributed by atoms with E-state index in [1.807, 2.05) is 0 Å². The van der Waals surface area contributed by atoms with Crippen molar-refractivity contribution in [1.29, 1.82) is 0 Å². The smallest absolute Gasteiger partial charge is 0.0642 e. The zero-order valence-corrected chi connectivity index (χ0v) is 52.5. The van der Waals surface area contributed by atoms with Crippen LogP contribution < -0.4 is 9.80 Å². The molecule has 0 spiro atoms. The van der Waals surface area contributed by atoms with E-state index in [4.69, 9.17) is 0 Å². The van der Waals surface area contributed by atoms with E-state index in [2.05, 4.69) is 374 Å². The standard InChI is InChI=1S/C94H60N2/c1-3-23-69(24-4-1)93(89-33-17-15-31-85(89)87-53-47-75(59-91(87)93)95(71-43-49-81-65(55-71)39-35-61-19-7-11-27-77(61)81)72-44-50-82-66(56-72)40-36-62-20-8-12-28-78(62)82)94(70-25-5-2-6-26-70)90-34-18-16-32-86(90)88-54-48-76(60-92(88)94)96(73-45-51-83-67(57-73)41-37-63-21-9-13-29-79(63)83)74-46-52-84-68(58-74)42-38-64-22-10-14-30-80(64)84/h1-60H. The van der Waals surface area contributed by atoms with E-state index in [1.54, 1.807) is 0 Å². The van der Waals surface area contributed by atoms with Crippen LogP contribution in [0.25, 0.3) is 108 Å². The molecule has 96 heavy (non-hydrogen) atoms. The second-order valence-electron chi connectivity index (χ2n) is 26.2. The molecule has 0 fully saturated rings. The van der Waals surface area contributed by atoms with Crippen molar-refractivity contribution in [3.05, 3.63) is 397 Å². The quantitative estimate of drug-likeness (QED) is 0.133. The summed E-state index contributed by atoms with van der Waals surface area (Å²) >= 11 is 0. The molecule has 0 aromatic heterocycles. The monoisotopic (exact) mass is 1220 g/mol. The maximum atomic E-state index is 2.58. The van der Waals surface area contributed by atoms with Gasteiger partial charge in [0.2, 0.25) is 0 Å². The molecule has 2 aliphatic carbocycles. The highest BCUT2D eigenvalue weighted by molar-refractivity contribution is 6.13. The number of anilines is 6. The van der Waals surface area contributed by atoms with E-state index in [-0.39, 0.29) is 0 Å². The van der Waals surface area contributed by atoms with E-state index >= 15 is 0 Å². The minimum atomic E-state index is -0.896. The van der Waals surface area contributed by atoms with Gasteiger partial charge in [0.15, 0.2) is 0 Å². The zero-order chi connectivity index (χ0) is 63.1. The summed E-state index contributed by atoms with van der Waals surface area (Å²) in [7, 11) is 0. The van der Waals surface area contributed by atoms with Crippen molar-refractivity contribution < 1.29 is 0 Å². The van der Waals surface area contributed by atoms with Crippen LogP contribution in [0.4, 0.5) is 34.1 Å². The normalized spacial score (nSPS) is 15.4. The van der Waals surface area contributed by atoms with Gasteiger partial charge in [-0.25, -0.2) is 0 Å². The SMILES string of the molecule is c1ccc(C2(C3(c4ccccc4)c4ccccc4-c4ccc(N(c5ccc6c(ccc7ccccc76)c5)c5ccc6c(ccc7ccccc76)c5)cc43)c3ccccc3-c3ccc(N(c4ccc5c(ccc6ccccc65)c4)c4ccc5c(ccc6ccccc65)c4)cc32)cc1. The molecule has 18 aromatic carbocycles. The molecule has 0 radical (unpaired) electrons. The van der Waals surface area contributed by atoms with Gasteiger partial charge in [-0.05, 0) is 215 Å². The van der Waals surface area contributed by atoms with Crippen LogP contribution in [-0.4, -0.2) is 0 Å². The molecule has 2 aliphatic rings. The Morgan fingerprint density at radius 1 is 0.156 bits per heavy atom. The van der Waals surface area contributed by atoms with Gasteiger partial charge in [-0.1, -0.05) is 291 Å². The van der Waals surface area contributed by atoms with Gasteiger partial charge in [-0.2, -0.15) is 0 Å². The first-order chi connectivity index (χ1) is 47.6. The number of rotatable bonds is 9. The Balaban J connectivity index is 0.875. The summed E-state index contributed by atoms with van der Waals surface area (Å²) in [5, 5.41) is 19.6. The molecule has 446 valence electrons. The lowest BCUT2D eigenvalue weighted by Gasteiger charge is -2.51. The molecule has 2 heteroatoms. The summed E-state index contributed by atoms with van der Waals surface area (Å²) in [6.45, 7) is 0. The van der Waals surface area contributed by atoms with Crippen LogP contribution >= 0.6 is 0 Å². The van der Waals surface area contributed by atoms with Crippen LogP contribution in [-0.2, 0) is 10.8 Å². The van der Waals surface area contributed by atoms with Crippen molar-refractivity contribution in [2.24, 2.45) is 0 Å². The van der Waals surface area contributed by atoms with E-state index in [9.17, 15) is 0 Å². The Hall–Kier alpha value is -12.4. The zero-order valence-electron chi connectivity index (χ0n) is 52.5. The van der Waals surface area contributed by atoms with Gasteiger partial charge in [-0.3, -0.25) is 0 Å². The third-order valence-electron chi connectivity index (χ3n) is 21.5. The van der Waals surface area contributed by atoms with E-state index in [0.717, 1.165) is 34.1 Å². The summed E-state index contributed by atoms with van der Waals surface area (Å²) in [5.74, 6) is 0. The number of fused-ring (bicyclic) bond motifs is 18. The largest absolute Gasteiger partial charge is 0.310 e. The number of nitrogens with zero attached hydrogens (tertiary/aromatic N) is 2. The maximum Gasteiger partial charge on any atom is 0.0642 e. The molecule has 2 unspecified atom stereocenters. The van der Waals surface area contributed by atoms with Crippen molar-refractivity contribution in [2.45, 2.75) is 10.8 Å². The van der Waals surface area contributed by atoms with Crippen molar-refractivity contribution >= 4 is 120 Å². The lowest BCUT2D eigenvalue weighted by atomic mass is 9.49. The first kappa shape index (κ1) is 54.2. The molecule has 0 aliphatic heterocycles. The number of benzene rings is 18. The van der Waals surface area contributed by atoms with Crippen molar-refractivity contribution in [3.63, 3.8) is 0 Å². The van der Waals surface area contributed by atoms with Crippen LogP contribution in [0.1, 0.15) is 33.4 Å². The lowest BCUT2D eigenvalue weighted by Crippen LogP contribution is -2.50. The highest BCUT2D eigenvalue weighted by atomic mass is 15.1. The average molecular weight is 1220 g/mol. The second kappa shape index (κ2) is 21.1. The molecule has 0 saturated heterocycles. The summed E-state index contributed by atoms with van der Waals surface area (Å²) in [5.41, 5.74) is 17.1. The fraction of sp³-hybridized carbons (Fsp3) is 0.0213. The molecule has 0 N–H and O–H groups in total. The third-order valence-corrected chi connectivity index (χ3v) is 21.5. The minimum absolute atomic E-state index is 0.896. The highest BCUT2D eigenvalue weighted by Crippen LogP contribution is 2.70. The Morgan fingerprint density at radius 3 is 0.729 bits per heavy atom. The average Bonchev–Trinajstić information content (AvgIpc) is 1.47. The van der Waals surface area contributed by atoms with Crippen molar-refractivity contribution in [1.82, 2.24) is 0 Å². The molecular weight excluding hydrogens is 1160 g/mol. The number of hydrogen-bond donors (Lipinski definition) is 0. The predicted octanol–water partition coefficient (Wildman–Crippen LogP) is 25.2. The predicted molar refractivity (Wildman–Crippen MR) is 406 cm³/mol. The van der Waals surface area contributed by atoms with Gasteiger partial charge < -0.3 is 9.80 Å². The molecule has 0 heterocycles. The van der Waals surface area contributed by atoms with Crippen LogP contribution in [0.3, 0.4) is 0 Å². The lowest BCUT2D eigenvalue weighted by molar-refractivity contribution is 0.437. The van der Waals surface area contributed by atoms with Crippen molar-refractivity contribution in [2.75, 3.05) is 9.80 Å². The van der Waals surface area contributed by atoms with E-state index in [0.29, 0.717) is 0 Å². The molecule has 0 saturated carbocycles. The summed E-state index contributed by atoms with van der Waals surface area (Å²) in [4.78, 5) is 5.03. The van der Waals surface area contributed by atoms with E-state index in [1.165, 1.54) is 142 Å². The van der Waals surface area contributed by atoms with Gasteiger partial charge in [0, 0.05) is 34.1 Å². The second-order valence-corrected chi connectivity index (χ2v) is 26.2. The van der Waals surface area contributed by atoms with Crippen LogP contribution in [0.5, 0.6) is 0 Å². The Kier molecular flexibility index (Phi) is 11.9. The molecule has 2 nitrogen and oxygen atoms in total. The van der Waals surface area contributed by atoms with Gasteiger partial charge in [0.05, 0.1) is 10.8 Å². The first-order valence-electron chi connectivity index (χ1n) is 33.4. The van der Waals surface area contributed by atoms with Crippen molar-refractivity contribution in [3.8, 4) is 22.3 Å². The Bertz CT molecular complexity index is 5630. The Labute approximate surface area is 557 Å². The summed E-state index contributed by atoms with van der Waals surface area (Å²) in [6.07, 6.45) is 0.